The molecule has 0 atom stereocenters. The van der Waals surface area contributed by atoms with Gasteiger partial charge in [0.05, 0.1) is 7.11 Å². The Morgan fingerprint density at radius 1 is 1.55 bits per heavy atom. The largest absolute Gasteiger partial charge is 0.469 e. The molecule has 0 aliphatic heterocycles. The van der Waals surface area contributed by atoms with Gasteiger partial charge in [-0.25, -0.2) is 0 Å². The first-order valence-electron chi connectivity index (χ1n) is 3.59. The van der Waals surface area contributed by atoms with Crippen LogP contribution < -0.4 is 0 Å². The van der Waals surface area contributed by atoms with Gasteiger partial charge in [-0.3, -0.25) is 4.79 Å². The number of hydrogen-bond acceptors (Lipinski definition) is 2. The molecule has 0 aliphatic rings. The van der Waals surface area contributed by atoms with Crippen molar-refractivity contribution in [1.29, 1.82) is 0 Å². The van der Waals surface area contributed by atoms with Crippen LogP contribution in [0.15, 0.2) is 12.2 Å². The first-order valence-corrected chi connectivity index (χ1v) is 4.71. The molecule has 3 heteroatoms. The number of hydrogen-bond donors (Lipinski definition) is 0. The van der Waals surface area contributed by atoms with E-state index in [9.17, 15) is 4.79 Å². The maximum Gasteiger partial charge on any atom is 0.305 e. The van der Waals surface area contributed by atoms with Crippen LogP contribution in [0.5, 0.6) is 0 Å². The highest BCUT2D eigenvalue weighted by Gasteiger charge is 1.96. The molecule has 0 N–H and O–H groups in total. The minimum Gasteiger partial charge on any atom is -0.469 e. The summed E-state index contributed by atoms with van der Waals surface area (Å²) in [7, 11) is 1.41. The van der Waals surface area contributed by atoms with Crippen molar-refractivity contribution in [3.63, 3.8) is 0 Å². The Balaban J connectivity index is 3.14. The summed E-state index contributed by atoms with van der Waals surface area (Å²) in [4.78, 5) is 10.6. The number of ether oxygens (including phenoxy) is 1. The van der Waals surface area contributed by atoms with Gasteiger partial charge in [0.15, 0.2) is 0 Å². The van der Waals surface area contributed by atoms with Crippen LogP contribution in [-0.2, 0) is 9.53 Å². The van der Waals surface area contributed by atoms with Crippen molar-refractivity contribution in [2.45, 2.75) is 19.3 Å². The van der Waals surface area contributed by atoms with Gasteiger partial charge in [0.25, 0.3) is 0 Å². The quantitative estimate of drug-likeness (QED) is 0.308. The molecule has 2 nitrogen and oxygen atoms in total. The van der Waals surface area contributed by atoms with Gasteiger partial charge in [0.2, 0.25) is 0 Å². The summed E-state index contributed by atoms with van der Waals surface area (Å²) in [5.74, 6) is -0.128. The fraction of sp³-hybridized carbons (Fsp3) is 0.625. The molecule has 0 saturated heterocycles. The Kier molecular flexibility index (Phi) is 7.57. The maximum absolute atomic E-state index is 10.6. The summed E-state index contributed by atoms with van der Waals surface area (Å²) >= 11 is 3.27. The number of unbranched alkanes of at least 4 members (excludes halogenated alkanes) is 1. The number of alkyl halides is 1. The fourth-order valence-electron chi connectivity index (χ4n) is 0.647. The first-order chi connectivity index (χ1) is 5.31. The molecular formula is C8H13BrO2. The Morgan fingerprint density at radius 2 is 2.27 bits per heavy atom. The summed E-state index contributed by atoms with van der Waals surface area (Å²) in [6, 6.07) is 0. The van der Waals surface area contributed by atoms with Crippen molar-refractivity contribution < 1.29 is 9.53 Å². The van der Waals surface area contributed by atoms with Crippen LogP contribution in [0, 0.1) is 0 Å². The van der Waals surface area contributed by atoms with Gasteiger partial charge in [-0.15, -0.1) is 0 Å². The standard InChI is InChI=1S/C8H13BrO2/c1-11-8(10)6-4-2-3-5-7-9/h3,5H,2,4,6-7H2,1H3/b5-3+. The molecule has 0 fully saturated rings. The molecule has 0 bridgehead atoms. The summed E-state index contributed by atoms with van der Waals surface area (Å²) < 4.78 is 4.48. The minimum absolute atomic E-state index is 0.128. The molecule has 0 aliphatic carbocycles. The molecule has 64 valence electrons. The van der Waals surface area contributed by atoms with E-state index in [4.69, 9.17) is 0 Å². The number of allylic oxidation sites excluding steroid dienone is 2. The normalized spacial score (nSPS) is 10.4. The number of halogens is 1. The van der Waals surface area contributed by atoms with Crippen LogP contribution in [0.2, 0.25) is 0 Å². The average molecular weight is 221 g/mol. The molecule has 0 aromatic carbocycles. The van der Waals surface area contributed by atoms with Crippen LogP contribution in [0.4, 0.5) is 0 Å². The number of esters is 1. The van der Waals surface area contributed by atoms with Gasteiger partial charge in [-0.2, -0.15) is 0 Å². The molecule has 0 radical (unpaired) electrons. The number of carbonyl (C=O) groups excluding carboxylic acids is 1. The molecule has 0 rings (SSSR count). The molecule has 11 heavy (non-hydrogen) atoms. The van der Waals surface area contributed by atoms with Crippen molar-refractivity contribution in [2.75, 3.05) is 12.4 Å². The van der Waals surface area contributed by atoms with Crippen molar-refractivity contribution in [1.82, 2.24) is 0 Å². The van der Waals surface area contributed by atoms with Crippen molar-refractivity contribution in [3.8, 4) is 0 Å². The van der Waals surface area contributed by atoms with E-state index in [2.05, 4.69) is 26.7 Å². The second-order valence-electron chi connectivity index (χ2n) is 2.09. The lowest BCUT2D eigenvalue weighted by Gasteiger charge is -1.94. The molecule has 0 saturated carbocycles. The molecule has 0 unspecified atom stereocenters. The Morgan fingerprint density at radius 3 is 2.82 bits per heavy atom. The smallest absolute Gasteiger partial charge is 0.305 e. The van der Waals surface area contributed by atoms with E-state index in [1.807, 2.05) is 6.08 Å². The zero-order valence-corrected chi connectivity index (χ0v) is 8.26. The van der Waals surface area contributed by atoms with Crippen LogP contribution in [0.25, 0.3) is 0 Å². The highest BCUT2D eigenvalue weighted by atomic mass is 79.9. The molecule has 0 aromatic heterocycles. The second-order valence-corrected chi connectivity index (χ2v) is 2.74. The summed E-state index contributed by atoms with van der Waals surface area (Å²) in [6.45, 7) is 0. The third-order valence-corrected chi connectivity index (χ3v) is 1.61. The van der Waals surface area contributed by atoms with E-state index in [0.29, 0.717) is 6.42 Å². The SMILES string of the molecule is COC(=O)CCC/C=C/CBr. The average Bonchev–Trinajstić information content (AvgIpc) is 2.04. The van der Waals surface area contributed by atoms with Gasteiger partial charge in [0.1, 0.15) is 0 Å². The Hall–Kier alpha value is -0.310. The number of rotatable bonds is 5. The summed E-state index contributed by atoms with van der Waals surface area (Å²) in [5, 5.41) is 0.880. The first kappa shape index (κ1) is 10.7. The van der Waals surface area contributed by atoms with E-state index < -0.39 is 0 Å². The van der Waals surface area contributed by atoms with Crippen LogP contribution >= 0.6 is 15.9 Å². The summed E-state index contributed by atoms with van der Waals surface area (Å²) in [6.07, 6.45) is 6.41. The fourth-order valence-corrected chi connectivity index (χ4v) is 0.911. The number of carbonyl (C=O) groups is 1. The van der Waals surface area contributed by atoms with E-state index in [-0.39, 0.29) is 5.97 Å². The van der Waals surface area contributed by atoms with Crippen LogP contribution in [-0.4, -0.2) is 18.4 Å². The van der Waals surface area contributed by atoms with Crippen molar-refractivity contribution >= 4 is 21.9 Å². The topological polar surface area (TPSA) is 26.3 Å². The van der Waals surface area contributed by atoms with Gasteiger partial charge in [-0.05, 0) is 12.8 Å². The predicted molar refractivity (Wildman–Crippen MR) is 48.8 cm³/mol. The van der Waals surface area contributed by atoms with Crippen LogP contribution in [0.1, 0.15) is 19.3 Å². The van der Waals surface area contributed by atoms with E-state index in [1.165, 1.54) is 7.11 Å². The summed E-state index contributed by atoms with van der Waals surface area (Å²) in [5.41, 5.74) is 0. The molecule has 0 aromatic rings. The lowest BCUT2D eigenvalue weighted by molar-refractivity contribution is -0.140. The maximum atomic E-state index is 10.6. The molecular weight excluding hydrogens is 208 g/mol. The third kappa shape index (κ3) is 7.59. The Labute approximate surface area is 75.7 Å². The number of methoxy groups -OCH3 is 1. The van der Waals surface area contributed by atoms with E-state index >= 15 is 0 Å². The van der Waals surface area contributed by atoms with E-state index in [0.717, 1.165) is 18.2 Å². The van der Waals surface area contributed by atoms with E-state index in [1.54, 1.807) is 0 Å². The molecule has 0 heterocycles. The lowest BCUT2D eigenvalue weighted by Crippen LogP contribution is -1.98. The zero-order chi connectivity index (χ0) is 8.53. The van der Waals surface area contributed by atoms with Crippen molar-refractivity contribution in [2.24, 2.45) is 0 Å². The molecule has 0 spiro atoms. The monoisotopic (exact) mass is 220 g/mol. The Bertz CT molecular complexity index is 132. The van der Waals surface area contributed by atoms with Gasteiger partial charge in [0, 0.05) is 11.8 Å². The molecule has 0 amide bonds. The van der Waals surface area contributed by atoms with Gasteiger partial charge < -0.3 is 4.74 Å². The van der Waals surface area contributed by atoms with Gasteiger partial charge in [-0.1, -0.05) is 28.1 Å². The minimum atomic E-state index is -0.128. The lowest BCUT2D eigenvalue weighted by atomic mass is 10.2. The van der Waals surface area contributed by atoms with Crippen molar-refractivity contribution in [3.05, 3.63) is 12.2 Å². The predicted octanol–water partition coefficient (Wildman–Crippen LogP) is 2.28. The highest BCUT2D eigenvalue weighted by molar-refractivity contribution is 9.09. The second kappa shape index (κ2) is 7.79. The highest BCUT2D eigenvalue weighted by Crippen LogP contribution is 1.98. The zero-order valence-electron chi connectivity index (χ0n) is 6.68. The van der Waals surface area contributed by atoms with Gasteiger partial charge >= 0.3 is 5.97 Å². The van der Waals surface area contributed by atoms with Crippen LogP contribution in [0.3, 0.4) is 0 Å². The third-order valence-electron chi connectivity index (χ3n) is 1.24.